The van der Waals surface area contributed by atoms with E-state index in [0.717, 1.165) is 21.8 Å². The van der Waals surface area contributed by atoms with Gasteiger partial charge in [0, 0.05) is 30.0 Å². The molecule has 0 saturated heterocycles. The third-order valence-corrected chi connectivity index (χ3v) is 5.56. The van der Waals surface area contributed by atoms with Crippen molar-refractivity contribution in [3.8, 4) is 11.3 Å². The van der Waals surface area contributed by atoms with Crippen LogP contribution in [0.4, 0.5) is 13.2 Å². The molecule has 0 fully saturated rings. The van der Waals surface area contributed by atoms with Crippen molar-refractivity contribution in [2.75, 3.05) is 0 Å². The number of benzene rings is 1. The number of aromatic amines is 1. The first-order chi connectivity index (χ1) is 13.7. The molecule has 4 rings (SSSR count). The van der Waals surface area contributed by atoms with Gasteiger partial charge in [0.25, 0.3) is 0 Å². The average Bonchev–Trinajstić information content (AvgIpc) is 3.24. The van der Waals surface area contributed by atoms with Crippen LogP contribution < -0.4 is 5.56 Å². The van der Waals surface area contributed by atoms with Crippen LogP contribution in [0.5, 0.6) is 0 Å². The number of aryl methyl sites for hydroxylation is 4. The van der Waals surface area contributed by atoms with Crippen molar-refractivity contribution in [2.45, 2.75) is 33.0 Å². The third-order valence-electron chi connectivity index (χ3n) is 4.66. The molecule has 3 aromatic heterocycles. The molecule has 0 bridgehead atoms. The zero-order valence-corrected chi connectivity index (χ0v) is 16.5. The number of hydrogen-bond donors (Lipinski definition) is 1. The average molecular weight is 418 g/mol. The summed E-state index contributed by atoms with van der Waals surface area (Å²) in [5.41, 5.74) is 1.58. The van der Waals surface area contributed by atoms with Gasteiger partial charge in [-0.25, -0.2) is 9.67 Å². The van der Waals surface area contributed by atoms with Crippen molar-refractivity contribution < 1.29 is 13.2 Å². The Bertz CT molecular complexity index is 1240. The van der Waals surface area contributed by atoms with Crippen LogP contribution in [0.15, 0.2) is 40.5 Å². The van der Waals surface area contributed by atoms with Gasteiger partial charge in [-0.05, 0) is 13.8 Å². The second-order valence-corrected chi connectivity index (χ2v) is 7.76. The number of hydrogen-bond acceptors (Lipinski definition) is 4. The van der Waals surface area contributed by atoms with Crippen molar-refractivity contribution in [1.82, 2.24) is 19.7 Å². The van der Waals surface area contributed by atoms with Crippen molar-refractivity contribution in [2.24, 2.45) is 0 Å². The highest BCUT2D eigenvalue weighted by Gasteiger charge is 2.35. The number of rotatable bonds is 4. The summed E-state index contributed by atoms with van der Waals surface area (Å²) in [7, 11) is 0. The van der Waals surface area contributed by atoms with Gasteiger partial charge in [0.15, 0.2) is 0 Å². The summed E-state index contributed by atoms with van der Waals surface area (Å²) < 4.78 is 41.4. The number of nitrogens with zero attached hydrogens (tertiary/aromatic N) is 3. The maximum atomic E-state index is 13.3. The molecule has 1 N–H and O–H groups in total. The SMILES string of the molecule is Cc1ccc(-c2csc(CCn3nc(C)c4c(C(F)(F)F)cc(=O)[nH]c43)n2)cc1. The number of fused-ring (bicyclic) bond motifs is 1. The van der Waals surface area contributed by atoms with Gasteiger partial charge in [0.05, 0.1) is 27.3 Å². The van der Waals surface area contributed by atoms with E-state index in [4.69, 9.17) is 0 Å². The maximum absolute atomic E-state index is 13.3. The Balaban J connectivity index is 1.62. The molecule has 0 aliphatic carbocycles. The second kappa shape index (κ2) is 7.14. The molecule has 3 heterocycles. The van der Waals surface area contributed by atoms with Crippen molar-refractivity contribution in [3.63, 3.8) is 0 Å². The van der Waals surface area contributed by atoms with Gasteiger partial charge < -0.3 is 4.98 Å². The second-order valence-electron chi connectivity index (χ2n) is 6.82. The largest absolute Gasteiger partial charge is 0.417 e. The van der Waals surface area contributed by atoms with Crippen LogP contribution in [0.25, 0.3) is 22.3 Å². The summed E-state index contributed by atoms with van der Waals surface area (Å²) in [5.74, 6) is 0. The number of nitrogens with one attached hydrogen (secondary N) is 1. The monoisotopic (exact) mass is 418 g/mol. The molecule has 4 aromatic rings. The summed E-state index contributed by atoms with van der Waals surface area (Å²) in [5, 5.41) is 6.94. The van der Waals surface area contributed by atoms with E-state index in [1.807, 2.05) is 36.6 Å². The van der Waals surface area contributed by atoms with Gasteiger partial charge in [-0.1, -0.05) is 29.8 Å². The zero-order valence-electron chi connectivity index (χ0n) is 15.7. The molecule has 150 valence electrons. The first-order valence-corrected chi connectivity index (χ1v) is 9.79. The number of alkyl halides is 3. The lowest BCUT2D eigenvalue weighted by Gasteiger charge is -2.08. The minimum atomic E-state index is -4.62. The highest BCUT2D eigenvalue weighted by molar-refractivity contribution is 7.09. The van der Waals surface area contributed by atoms with Gasteiger partial charge in [0.1, 0.15) is 5.65 Å². The first kappa shape index (κ1) is 19.4. The van der Waals surface area contributed by atoms with Crippen LogP contribution in [-0.2, 0) is 19.1 Å². The van der Waals surface area contributed by atoms with Crippen molar-refractivity contribution >= 4 is 22.4 Å². The summed E-state index contributed by atoms with van der Waals surface area (Å²) >= 11 is 1.49. The third kappa shape index (κ3) is 3.82. The van der Waals surface area contributed by atoms with Gasteiger partial charge in [-0.2, -0.15) is 18.3 Å². The molecule has 0 aliphatic rings. The Hall–Kier alpha value is -2.94. The fourth-order valence-electron chi connectivity index (χ4n) is 3.26. The molecule has 1 aromatic carbocycles. The van der Waals surface area contributed by atoms with E-state index in [1.165, 1.54) is 22.9 Å². The Morgan fingerprint density at radius 2 is 1.90 bits per heavy atom. The molecule has 0 amide bonds. The standard InChI is InChI=1S/C20H17F3N4OS/c1-11-3-5-13(6-4-11)15-10-29-17(24-15)7-8-27-19-18(12(2)26-27)14(20(21,22)23)9-16(28)25-19/h3-6,9-10H,7-8H2,1-2H3,(H,25,28). The molecule has 0 spiro atoms. The molecule has 29 heavy (non-hydrogen) atoms. The van der Waals surface area contributed by atoms with Crippen molar-refractivity contribution in [3.05, 3.63) is 67.9 Å². The van der Waals surface area contributed by atoms with Crippen LogP contribution >= 0.6 is 11.3 Å². The first-order valence-electron chi connectivity index (χ1n) is 8.91. The lowest BCUT2D eigenvalue weighted by Crippen LogP contribution is -2.15. The lowest BCUT2D eigenvalue weighted by molar-refractivity contribution is -0.136. The predicted octanol–water partition coefficient (Wildman–Crippen LogP) is 4.73. The van der Waals surface area contributed by atoms with Gasteiger partial charge in [0.2, 0.25) is 5.56 Å². The number of aromatic nitrogens is 4. The van der Waals surface area contributed by atoms with Crippen LogP contribution in [0.1, 0.15) is 21.8 Å². The summed E-state index contributed by atoms with van der Waals surface area (Å²) in [6, 6.07) is 8.61. The number of halogens is 3. The molecule has 0 unspecified atom stereocenters. The summed E-state index contributed by atoms with van der Waals surface area (Å²) in [4.78, 5) is 18.9. The summed E-state index contributed by atoms with van der Waals surface area (Å²) in [6.07, 6.45) is -4.13. The minimum Gasteiger partial charge on any atom is -0.307 e. The fourth-order valence-corrected chi connectivity index (χ4v) is 4.05. The molecule has 0 radical (unpaired) electrons. The van der Waals surface area contributed by atoms with E-state index in [1.54, 1.807) is 0 Å². The normalized spacial score (nSPS) is 12.0. The maximum Gasteiger partial charge on any atom is 0.417 e. The molecule has 0 atom stereocenters. The topological polar surface area (TPSA) is 63.6 Å². The quantitative estimate of drug-likeness (QED) is 0.521. The zero-order chi connectivity index (χ0) is 20.8. The van der Waals surface area contributed by atoms with Crippen molar-refractivity contribution in [1.29, 1.82) is 0 Å². The molecule has 5 nitrogen and oxygen atoms in total. The lowest BCUT2D eigenvalue weighted by atomic mass is 10.1. The highest BCUT2D eigenvalue weighted by atomic mass is 32.1. The minimum absolute atomic E-state index is 0.0726. The van der Waals surface area contributed by atoms with Crippen LogP contribution in [-0.4, -0.2) is 19.7 Å². The van der Waals surface area contributed by atoms with Crippen LogP contribution in [0.3, 0.4) is 0 Å². The van der Waals surface area contributed by atoms with Crippen LogP contribution in [0.2, 0.25) is 0 Å². The Labute approximate surface area is 167 Å². The molecular formula is C20H17F3N4OS. The van der Waals surface area contributed by atoms with E-state index in [-0.39, 0.29) is 16.7 Å². The van der Waals surface area contributed by atoms with Gasteiger partial charge in [-0.3, -0.25) is 4.79 Å². The molecule has 9 heteroatoms. The number of H-pyrrole nitrogens is 1. The fraction of sp³-hybridized carbons (Fsp3) is 0.250. The smallest absolute Gasteiger partial charge is 0.307 e. The van der Waals surface area contributed by atoms with E-state index in [0.29, 0.717) is 19.0 Å². The van der Waals surface area contributed by atoms with Crippen LogP contribution in [0, 0.1) is 13.8 Å². The van der Waals surface area contributed by atoms with Gasteiger partial charge >= 0.3 is 6.18 Å². The molecular weight excluding hydrogens is 401 g/mol. The number of pyridine rings is 1. The Kier molecular flexibility index (Phi) is 4.77. The van der Waals surface area contributed by atoms with Gasteiger partial charge in [-0.15, -0.1) is 11.3 Å². The van der Waals surface area contributed by atoms with E-state index < -0.39 is 17.3 Å². The number of thiazole rings is 1. The summed E-state index contributed by atoms with van der Waals surface area (Å²) in [6.45, 7) is 3.83. The van der Waals surface area contributed by atoms with E-state index in [9.17, 15) is 18.0 Å². The van der Waals surface area contributed by atoms with E-state index >= 15 is 0 Å². The Morgan fingerprint density at radius 1 is 1.17 bits per heavy atom. The molecule has 0 saturated carbocycles. The predicted molar refractivity (Wildman–Crippen MR) is 106 cm³/mol. The van der Waals surface area contributed by atoms with E-state index in [2.05, 4.69) is 15.1 Å². The molecule has 0 aliphatic heterocycles. The highest BCUT2D eigenvalue weighted by Crippen LogP contribution is 2.34. The Morgan fingerprint density at radius 3 is 2.59 bits per heavy atom.